The summed E-state index contributed by atoms with van der Waals surface area (Å²) in [5, 5.41) is 8.31. The van der Waals surface area contributed by atoms with E-state index in [1.54, 1.807) is 0 Å². The van der Waals surface area contributed by atoms with Gasteiger partial charge in [0.15, 0.2) is 12.0 Å². The highest BCUT2D eigenvalue weighted by Crippen LogP contribution is 1.90. The van der Waals surface area contributed by atoms with Gasteiger partial charge in [0, 0.05) is 0 Å². The predicted molar refractivity (Wildman–Crippen MR) is 35.3 cm³/mol. The van der Waals surface area contributed by atoms with E-state index >= 15 is 0 Å². The molecule has 0 aliphatic rings. The molecule has 1 aromatic heterocycles. The first-order chi connectivity index (χ1) is 4.36. The van der Waals surface area contributed by atoms with Crippen LogP contribution in [0.25, 0.3) is 0 Å². The molecular weight excluding hydrogens is 135 g/mol. The van der Waals surface area contributed by atoms with Gasteiger partial charge in [-0.1, -0.05) is 0 Å². The number of furan rings is 1. The quantitative estimate of drug-likeness (QED) is 0.402. The van der Waals surface area contributed by atoms with Crippen LogP contribution in [0.5, 0.6) is 0 Å². The summed E-state index contributed by atoms with van der Waals surface area (Å²) in [5.74, 6) is 0.218. The molecule has 0 aliphatic heterocycles. The average molecular weight is 141 g/mol. The molecule has 0 bridgehead atoms. The Balaban J connectivity index is 0.000000810. The summed E-state index contributed by atoms with van der Waals surface area (Å²) >= 11 is 0. The van der Waals surface area contributed by atoms with Crippen LogP contribution in [0.1, 0.15) is 10.6 Å². The van der Waals surface area contributed by atoms with Crippen LogP contribution in [0.2, 0.25) is 0 Å². The van der Waals surface area contributed by atoms with Gasteiger partial charge in [0.05, 0.1) is 5.66 Å². The molecule has 0 saturated heterocycles. The zero-order chi connectivity index (χ0) is 6.69. The van der Waals surface area contributed by atoms with Crippen LogP contribution < -0.4 is 5.66 Å². The third-order valence-electron chi connectivity index (χ3n) is 0.891. The fourth-order valence-electron chi connectivity index (χ4n) is 0.501. The second-order valence-electron chi connectivity index (χ2n) is 1.49. The lowest BCUT2D eigenvalue weighted by molar-refractivity contribution is 0.110. The summed E-state index contributed by atoms with van der Waals surface area (Å²) in [4.78, 5) is 9.95. The number of rotatable bonds is 2. The van der Waals surface area contributed by atoms with E-state index in [1.165, 1.54) is 12.1 Å². The molecule has 0 unspecified atom stereocenters. The van der Waals surface area contributed by atoms with Gasteiger partial charge in [0.25, 0.3) is 0 Å². The first kappa shape index (κ1) is 8.93. The minimum atomic E-state index is 0. The highest BCUT2D eigenvalue weighted by molar-refractivity contribution is 6.43. The Hall–Kier alpha value is -1.07. The predicted octanol–water partition coefficient (Wildman–Crippen LogP) is -1.50. The van der Waals surface area contributed by atoms with Crippen molar-refractivity contribution in [2.24, 2.45) is 0 Å². The topological polar surface area (TPSA) is 81.9 Å². The van der Waals surface area contributed by atoms with Crippen molar-refractivity contribution in [1.29, 1.82) is 0 Å². The molecule has 53 valence electrons. The fourth-order valence-corrected chi connectivity index (χ4v) is 0.501. The molecule has 0 aromatic carbocycles. The fraction of sp³-hybridized carbons (Fsp3) is 0. The van der Waals surface area contributed by atoms with Crippen LogP contribution in [0.15, 0.2) is 16.5 Å². The lowest BCUT2D eigenvalue weighted by Crippen LogP contribution is -2.09. The molecule has 1 heterocycles. The van der Waals surface area contributed by atoms with E-state index in [-0.39, 0.29) is 16.9 Å². The first-order valence-corrected chi connectivity index (χ1v) is 2.39. The standard InChI is InChI=1S/C5H4BO3.H2O/c7-3-4-1-2-5(6-8)9-4;/h1-3,8H;1H2. The Morgan fingerprint density at radius 3 is 2.60 bits per heavy atom. The zero-order valence-electron chi connectivity index (χ0n) is 5.07. The van der Waals surface area contributed by atoms with Gasteiger partial charge < -0.3 is 14.9 Å². The normalized spacial score (nSPS) is 8.10. The van der Waals surface area contributed by atoms with E-state index < -0.39 is 0 Å². The first-order valence-electron chi connectivity index (χ1n) is 2.39. The van der Waals surface area contributed by atoms with Gasteiger partial charge in [0.1, 0.15) is 0 Å². The van der Waals surface area contributed by atoms with Crippen LogP contribution in [0, 0.1) is 0 Å². The van der Waals surface area contributed by atoms with Gasteiger partial charge in [0.2, 0.25) is 0 Å². The lowest BCUT2D eigenvalue weighted by atomic mass is 9.99. The molecule has 1 aromatic rings. The maximum atomic E-state index is 9.95. The van der Waals surface area contributed by atoms with E-state index in [2.05, 4.69) is 0 Å². The Labute approximate surface area is 58.0 Å². The monoisotopic (exact) mass is 141 g/mol. The van der Waals surface area contributed by atoms with Gasteiger partial charge >= 0.3 is 7.48 Å². The van der Waals surface area contributed by atoms with Gasteiger partial charge in [-0.15, -0.1) is 0 Å². The molecule has 0 spiro atoms. The molecule has 1 radical (unpaired) electrons. The second-order valence-corrected chi connectivity index (χ2v) is 1.49. The summed E-state index contributed by atoms with van der Waals surface area (Å²) < 4.78 is 4.71. The van der Waals surface area contributed by atoms with E-state index in [1.807, 2.05) is 0 Å². The van der Waals surface area contributed by atoms with Crippen molar-refractivity contribution in [3.05, 3.63) is 17.9 Å². The summed E-state index contributed by atoms with van der Waals surface area (Å²) in [7, 11) is 0.799. The van der Waals surface area contributed by atoms with E-state index in [9.17, 15) is 4.79 Å². The van der Waals surface area contributed by atoms with Crippen LogP contribution in [-0.4, -0.2) is 24.3 Å². The Morgan fingerprint density at radius 2 is 2.30 bits per heavy atom. The molecule has 0 fully saturated rings. The number of carbonyl (C=O) groups is 1. The molecule has 0 saturated carbocycles. The van der Waals surface area contributed by atoms with Crippen LogP contribution in [0.3, 0.4) is 0 Å². The largest absolute Gasteiger partial charge is 0.466 e. The van der Waals surface area contributed by atoms with Crippen molar-refractivity contribution in [3.8, 4) is 0 Å². The number of hydrogen-bond donors (Lipinski definition) is 1. The molecule has 5 heteroatoms. The Bertz CT molecular complexity index is 207. The molecular formula is C5H6BO4. The van der Waals surface area contributed by atoms with Crippen molar-refractivity contribution >= 4 is 19.4 Å². The minimum absolute atomic E-state index is 0. The van der Waals surface area contributed by atoms with E-state index in [0.29, 0.717) is 6.29 Å². The number of aldehydes is 1. The number of hydrogen-bond acceptors (Lipinski definition) is 3. The zero-order valence-corrected chi connectivity index (χ0v) is 5.07. The maximum absolute atomic E-state index is 9.95. The van der Waals surface area contributed by atoms with Crippen molar-refractivity contribution in [1.82, 2.24) is 0 Å². The third kappa shape index (κ3) is 1.71. The van der Waals surface area contributed by atoms with Gasteiger partial charge in [-0.2, -0.15) is 0 Å². The molecule has 3 N–H and O–H groups in total. The number of carbonyl (C=O) groups excluding carboxylic acids is 1. The van der Waals surface area contributed by atoms with Gasteiger partial charge in [-0.05, 0) is 12.1 Å². The molecule has 1 rings (SSSR count). The van der Waals surface area contributed by atoms with Gasteiger partial charge in [-0.25, -0.2) is 0 Å². The molecule has 0 amide bonds. The van der Waals surface area contributed by atoms with Crippen LogP contribution >= 0.6 is 0 Å². The van der Waals surface area contributed by atoms with E-state index in [0.717, 1.165) is 7.48 Å². The summed E-state index contributed by atoms with van der Waals surface area (Å²) in [6.45, 7) is 0. The van der Waals surface area contributed by atoms with Crippen molar-refractivity contribution < 1.29 is 19.7 Å². The van der Waals surface area contributed by atoms with Crippen molar-refractivity contribution in [2.75, 3.05) is 0 Å². The van der Waals surface area contributed by atoms with Crippen LogP contribution in [0.4, 0.5) is 0 Å². The summed E-state index contributed by atoms with van der Waals surface area (Å²) in [5.41, 5.74) is 0.289. The second kappa shape index (κ2) is 3.87. The Morgan fingerprint density at radius 1 is 1.60 bits per heavy atom. The van der Waals surface area contributed by atoms with Gasteiger partial charge in [-0.3, -0.25) is 4.79 Å². The summed E-state index contributed by atoms with van der Waals surface area (Å²) in [6, 6.07) is 2.98. The highest BCUT2D eigenvalue weighted by atomic mass is 16.4. The van der Waals surface area contributed by atoms with E-state index in [4.69, 9.17) is 9.44 Å². The average Bonchev–Trinajstić information content (AvgIpc) is 2.34. The SMILES string of the molecule is O.O=Cc1ccc([B]O)o1. The lowest BCUT2D eigenvalue weighted by Gasteiger charge is -1.79. The third-order valence-corrected chi connectivity index (χ3v) is 0.891. The van der Waals surface area contributed by atoms with Crippen LogP contribution in [-0.2, 0) is 0 Å². The smallest absolute Gasteiger partial charge is 0.373 e. The van der Waals surface area contributed by atoms with Crippen molar-refractivity contribution in [2.45, 2.75) is 0 Å². The Kier molecular flexibility index (Phi) is 3.45. The van der Waals surface area contributed by atoms with Crippen molar-refractivity contribution in [3.63, 3.8) is 0 Å². The minimum Gasteiger partial charge on any atom is -0.466 e. The molecule has 4 nitrogen and oxygen atoms in total. The summed E-state index contributed by atoms with van der Waals surface area (Å²) in [6.07, 6.45) is 0.576. The highest BCUT2D eigenvalue weighted by Gasteiger charge is 1.98. The molecule has 0 atom stereocenters. The molecule has 0 aliphatic carbocycles. The molecule has 10 heavy (non-hydrogen) atoms. The maximum Gasteiger partial charge on any atom is 0.373 e.